The summed E-state index contributed by atoms with van der Waals surface area (Å²) in [6, 6.07) is 14.9. The molecule has 1 aliphatic heterocycles. The summed E-state index contributed by atoms with van der Waals surface area (Å²) in [5, 5.41) is 4.46. The normalized spacial score (nSPS) is 15.3. The van der Waals surface area contributed by atoms with E-state index in [0.29, 0.717) is 17.5 Å². The van der Waals surface area contributed by atoms with Gasteiger partial charge in [-0.25, -0.2) is 9.82 Å². The lowest BCUT2D eigenvalue weighted by Gasteiger charge is -2.15. The molecule has 1 fully saturated rings. The van der Waals surface area contributed by atoms with Crippen LogP contribution in [0.4, 0.5) is 4.39 Å². The Balaban J connectivity index is 1.55. The zero-order chi connectivity index (χ0) is 18.4. The summed E-state index contributed by atoms with van der Waals surface area (Å²) in [7, 11) is 0. The number of hydrogen-bond acceptors (Lipinski definition) is 5. The van der Waals surface area contributed by atoms with Gasteiger partial charge in [0.1, 0.15) is 11.6 Å². The molecule has 26 heavy (non-hydrogen) atoms. The van der Waals surface area contributed by atoms with Gasteiger partial charge in [-0.05, 0) is 29.8 Å². The molecule has 0 radical (unpaired) electrons. The van der Waals surface area contributed by atoms with Crippen molar-refractivity contribution in [1.82, 2.24) is 10.3 Å². The van der Waals surface area contributed by atoms with Crippen LogP contribution < -0.4 is 10.2 Å². The maximum Gasteiger partial charge on any atom is 0.278 e. The van der Waals surface area contributed by atoms with Crippen LogP contribution in [0.5, 0.6) is 5.75 Å². The third-order valence-electron chi connectivity index (χ3n) is 3.50. The van der Waals surface area contributed by atoms with Crippen molar-refractivity contribution < 1.29 is 18.7 Å². The molecule has 1 saturated heterocycles. The molecule has 0 spiro atoms. The van der Waals surface area contributed by atoms with E-state index in [0.717, 1.165) is 5.56 Å². The summed E-state index contributed by atoms with van der Waals surface area (Å²) >= 11 is 1.27. The van der Waals surface area contributed by atoms with E-state index in [1.165, 1.54) is 40.9 Å². The Morgan fingerprint density at radius 2 is 1.92 bits per heavy atom. The fraction of sp³-hybridized carbons (Fsp3) is 0.167. The molecule has 8 heteroatoms. The van der Waals surface area contributed by atoms with Crippen LogP contribution in [0.25, 0.3) is 0 Å². The first-order valence-electron chi connectivity index (χ1n) is 7.84. The Kier molecular flexibility index (Phi) is 5.85. The number of hydrogen-bond donors (Lipinski definition) is 1. The van der Waals surface area contributed by atoms with Crippen molar-refractivity contribution in [1.29, 1.82) is 0 Å². The van der Waals surface area contributed by atoms with E-state index in [1.54, 1.807) is 0 Å². The number of nitrogens with one attached hydrogen (secondary N) is 1. The Morgan fingerprint density at radius 1 is 1.19 bits per heavy atom. The number of amidine groups is 1. The van der Waals surface area contributed by atoms with Crippen molar-refractivity contribution in [3.05, 3.63) is 66.0 Å². The van der Waals surface area contributed by atoms with E-state index in [4.69, 9.17) is 4.74 Å². The minimum atomic E-state index is -0.471. The number of amides is 2. The molecular weight excluding hydrogens is 357 g/mol. The van der Waals surface area contributed by atoms with Gasteiger partial charge >= 0.3 is 0 Å². The molecule has 1 N–H and O–H groups in total. The Morgan fingerprint density at radius 3 is 2.65 bits per heavy atom. The maximum atomic E-state index is 12.8. The maximum absolute atomic E-state index is 12.8. The number of carbonyl (C=O) groups is 2. The summed E-state index contributed by atoms with van der Waals surface area (Å²) in [4.78, 5) is 25.4. The van der Waals surface area contributed by atoms with E-state index in [-0.39, 0.29) is 24.1 Å². The standard InChI is InChI=1S/C18H16FN3O3S/c19-14-6-8-15(9-7-14)25-11-16(23)20-21-18-22(17(24)12-26-18)10-13-4-2-1-3-5-13/h1-9H,10-12H2,(H,20,23). The highest BCUT2D eigenvalue weighted by Gasteiger charge is 2.28. The lowest BCUT2D eigenvalue weighted by Crippen LogP contribution is -2.32. The first kappa shape index (κ1) is 17.9. The second-order valence-corrected chi connectivity index (χ2v) is 6.37. The number of carbonyl (C=O) groups excluding carboxylic acids is 2. The Labute approximate surface area is 154 Å². The molecule has 2 amide bonds. The van der Waals surface area contributed by atoms with Crippen molar-refractivity contribution in [2.45, 2.75) is 6.54 Å². The average Bonchev–Trinajstić information content (AvgIpc) is 3.00. The number of hydrazone groups is 1. The number of benzene rings is 2. The van der Waals surface area contributed by atoms with Crippen LogP contribution in [0.15, 0.2) is 59.7 Å². The summed E-state index contributed by atoms with van der Waals surface area (Å²) in [5.41, 5.74) is 3.35. The largest absolute Gasteiger partial charge is 0.484 e. The molecular formula is C18H16FN3O3S. The highest BCUT2D eigenvalue weighted by atomic mass is 32.2. The molecule has 1 aliphatic rings. The fourth-order valence-electron chi connectivity index (χ4n) is 2.23. The van der Waals surface area contributed by atoms with Gasteiger partial charge < -0.3 is 4.74 Å². The van der Waals surface area contributed by atoms with Gasteiger partial charge in [0.15, 0.2) is 11.8 Å². The smallest absolute Gasteiger partial charge is 0.278 e. The van der Waals surface area contributed by atoms with Crippen molar-refractivity contribution in [2.24, 2.45) is 5.10 Å². The van der Waals surface area contributed by atoms with E-state index in [2.05, 4.69) is 10.5 Å². The minimum absolute atomic E-state index is 0.0607. The molecule has 1 heterocycles. The minimum Gasteiger partial charge on any atom is -0.484 e. The van der Waals surface area contributed by atoms with Gasteiger partial charge in [0.05, 0.1) is 12.3 Å². The topological polar surface area (TPSA) is 71.0 Å². The summed E-state index contributed by atoms with van der Waals surface area (Å²) in [5.74, 6) is -0.246. The van der Waals surface area contributed by atoms with Crippen molar-refractivity contribution in [3.63, 3.8) is 0 Å². The highest BCUT2D eigenvalue weighted by molar-refractivity contribution is 8.15. The second kappa shape index (κ2) is 8.48. The third-order valence-corrected chi connectivity index (χ3v) is 4.46. The van der Waals surface area contributed by atoms with Crippen LogP contribution in [-0.4, -0.2) is 34.2 Å². The number of ether oxygens (including phenoxy) is 1. The van der Waals surface area contributed by atoms with Gasteiger partial charge in [0.25, 0.3) is 5.91 Å². The molecule has 0 aromatic heterocycles. The van der Waals surface area contributed by atoms with E-state index < -0.39 is 5.91 Å². The van der Waals surface area contributed by atoms with Crippen LogP contribution in [0.2, 0.25) is 0 Å². The van der Waals surface area contributed by atoms with Crippen molar-refractivity contribution >= 4 is 28.7 Å². The van der Waals surface area contributed by atoms with Crippen LogP contribution in [0.1, 0.15) is 5.56 Å². The van der Waals surface area contributed by atoms with Gasteiger partial charge in [-0.3, -0.25) is 14.5 Å². The highest BCUT2D eigenvalue weighted by Crippen LogP contribution is 2.21. The zero-order valence-electron chi connectivity index (χ0n) is 13.7. The van der Waals surface area contributed by atoms with Crippen molar-refractivity contribution in [3.8, 4) is 5.75 Å². The Hall–Kier alpha value is -2.87. The monoisotopic (exact) mass is 373 g/mol. The van der Waals surface area contributed by atoms with E-state index in [9.17, 15) is 14.0 Å². The number of rotatable bonds is 6. The van der Waals surface area contributed by atoms with Crippen LogP contribution in [0.3, 0.4) is 0 Å². The van der Waals surface area contributed by atoms with Crippen LogP contribution >= 0.6 is 11.8 Å². The SMILES string of the molecule is O=C(COc1ccc(F)cc1)NN=C1SCC(=O)N1Cc1ccccc1. The number of halogens is 1. The molecule has 0 saturated carbocycles. The molecule has 0 aliphatic carbocycles. The molecule has 2 aromatic rings. The number of nitrogens with zero attached hydrogens (tertiary/aromatic N) is 2. The predicted molar refractivity (Wildman–Crippen MR) is 96.9 cm³/mol. The van der Waals surface area contributed by atoms with Gasteiger partial charge in [-0.15, -0.1) is 5.10 Å². The zero-order valence-corrected chi connectivity index (χ0v) is 14.5. The van der Waals surface area contributed by atoms with E-state index in [1.807, 2.05) is 30.3 Å². The second-order valence-electron chi connectivity index (χ2n) is 5.43. The molecule has 2 aromatic carbocycles. The summed E-state index contributed by atoms with van der Waals surface area (Å²) < 4.78 is 18.1. The number of thioether (sulfide) groups is 1. The molecule has 0 atom stereocenters. The van der Waals surface area contributed by atoms with Gasteiger partial charge in [0.2, 0.25) is 5.91 Å². The van der Waals surface area contributed by atoms with Gasteiger partial charge in [-0.1, -0.05) is 42.1 Å². The fourth-order valence-corrected chi connectivity index (χ4v) is 3.07. The molecule has 0 unspecified atom stereocenters. The van der Waals surface area contributed by atoms with E-state index >= 15 is 0 Å². The first-order valence-corrected chi connectivity index (χ1v) is 8.82. The Bertz CT molecular complexity index is 812. The third kappa shape index (κ3) is 4.82. The van der Waals surface area contributed by atoms with Gasteiger partial charge in [-0.2, -0.15) is 0 Å². The molecule has 6 nitrogen and oxygen atoms in total. The summed E-state index contributed by atoms with van der Waals surface area (Å²) in [6.45, 7) is 0.132. The quantitative estimate of drug-likeness (QED) is 0.789. The lowest BCUT2D eigenvalue weighted by atomic mass is 10.2. The van der Waals surface area contributed by atoms with Crippen LogP contribution in [0, 0.1) is 5.82 Å². The first-order chi connectivity index (χ1) is 12.6. The van der Waals surface area contributed by atoms with Crippen LogP contribution in [-0.2, 0) is 16.1 Å². The molecule has 134 valence electrons. The summed E-state index contributed by atoms with van der Waals surface area (Å²) in [6.07, 6.45) is 0. The molecule has 0 bridgehead atoms. The van der Waals surface area contributed by atoms with Crippen molar-refractivity contribution in [2.75, 3.05) is 12.4 Å². The predicted octanol–water partition coefficient (Wildman–Crippen LogP) is 2.37. The van der Waals surface area contributed by atoms with Gasteiger partial charge in [0, 0.05) is 0 Å². The average molecular weight is 373 g/mol. The lowest BCUT2D eigenvalue weighted by molar-refractivity contribution is -0.125. The molecule has 3 rings (SSSR count).